The molecule has 0 unspecified atom stereocenters. The molecule has 0 bridgehead atoms. The van der Waals surface area contributed by atoms with E-state index in [1.807, 2.05) is 30.3 Å². The fraction of sp³-hybridized carbons (Fsp3) is 0.345. The standard InChI is InChI=1S/C29H35N7O5/c30-22(13-19-8-10-21(37)11-9-19)29(41)36-12-4-7-25(36)28(40)35-24(14-18-5-2-1-3-6-18)27(39)34-23(26(31)38)15-20-16-32-17-33-20/h1-3,5-6,8-11,16-17,22-25,37H,4,7,12-15,30H2,(H2,31,38)(H,32,33)(H,34,39)(H,35,40)/t22-,23-,24-,25-/m0/s1. The molecule has 1 fully saturated rings. The molecule has 1 aromatic heterocycles. The van der Waals surface area contributed by atoms with Crippen LogP contribution in [0, 0.1) is 0 Å². The van der Waals surface area contributed by atoms with Crippen molar-refractivity contribution in [3.63, 3.8) is 0 Å². The average Bonchev–Trinajstić information content (AvgIpc) is 3.66. The molecule has 0 radical (unpaired) electrons. The minimum atomic E-state index is -1.03. The third kappa shape index (κ3) is 7.92. The Morgan fingerprint density at radius 1 is 0.976 bits per heavy atom. The topological polar surface area (TPSA) is 197 Å². The quantitative estimate of drug-likeness (QED) is 0.178. The molecule has 0 saturated carbocycles. The molecule has 1 aliphatic rings. The van der Waals surface area contributed by atoms with E-state index in [-0.39, 0.29) is 30.9 Å². The second-order valence-electron chi connectivity index (χ2n) is 10.2. The summed E-state index contributed by atoms with van der Waals surface area (Å²) in [6.45, 7) is 0.365. The molecule has 0 aliphatic carbocycles. The van der Waals surface area contributed by atoms with Crippen LogP contribution in [-0.2, 0) is 38.4 Å². The number of hydrogen-bond donors (Lipinski definition) is 6. The number of nitrogens with zero attached hydrogens (tertiary/aromatic N) is 2. The lowest BCUT2D eigenvalue weighted by atomic mass is 10.0. The van der Waals surface area contributed by atoms with Gasteiger partial charge in [0.25, 0.3) is 0 Å². The van der Waals surface area contributed by atoms with Crippen LogP contribution in [0.5, 0.6) is 5.75 Å². The third-order valence-electron chi connectivity index (χ3n) is 7.10. The fourth-order valence-corrected chi connectivity index (χ4v) is 4.93. The number of phenols is 1. The van der Waals surface area contributed by atoms with Crippen LogP contribution < -0.4 is 22.1 Å². The monoisotopic (exact) mass is 561 g/mol. The number of aromatic amines is 1. The molecule has 12 nitrogen and oxygen atoms in total. The van der Waals surface area contributed by atoms with E-state index in [9.17, 15) is 24.3 Å². The van der Waals surface area contributed by atoms with Gasteiger partial charge in [-0.1, -0.05) is 42.5 Å². The summed E-state index contributed by atoms with van der Waals surface area (Å²) >= 11 is 0. The van der Waals surface area contributed by atoms with Crippen molar-refractivity contribution in [3.8, 4) is 5.75 Å². The number of primary amides is 1. The first-order valence-electron chi connectivity index (χ1n) is 13.5. The lowest BCUT2D eigenvalue weighted by molar-refractivity contribution is -0.140. The van der Waals surface area contributed by atoms with Gasteiger partial charge in [0.2, 0.25) is 23.6 Å². The minimum Gasteiger partial charge on any atom is -0.508 e. The maximum atomic E-state index is 13.5. The van der Waals surface area contributed by atoms with E-state index >= 15 is 0 Å². The number of rotatable bonds is 12. The number of carbonyl (C=O) groups excluding carboxylic acids is 4. The van der Waals surface area contributed by atoms with Crippen LogP contribution in [0.2, 0.25) is 0 Å². The number of nitrogens with one attached hydrogen (secondary N) is 3. The maximum absolute atomic E-state index is 13.5. The first-order chi connectivity index (χ1) is 19.7. The highest BCUT2D eigenvalue weighted by atomic mass is 16.3. The normalized spacial score (nSPS) is 16.9. The number of carbonyl (C=O) groups is 4. The van der Waals surface area contributed by atoms with Gasteiger partial charge in [0, 0.05) is 31.3 Å². The number of amides is 4. The van der Waals surface area contributed by atoms with Crippen LogP contribution in [-0.4, -0.2) is 74.3 Å². The predicted octanol–water partition coefficient (Wildman–Crippen LogP) is -0.0836. The van der Waals surface area contributed by atoms with Gasteiger partial charge in [-0.25, -0.2) is 4.98 Å². The van der Waals surface area contributed by atoms with Gasteiger partial charge in [-0.2, -0.15) is 0 Å². The number of hydrogen-bond acceptors (Lipinski definition) is 7. The highest BCUT2D eigenvalue weighted by molar-refractivity contribution is 5.95. The van der Waals surface area contributed by atoms with E-state index in [1.165, 1.54) is 29.6 Å². The van der Waals surface area contributed by atoms with E-state index in [4.69, 9.17) is 11.5 Å². The van der Waals surface area contributed by atoms with Crippen LogP contribution in [0.3, 0.4) is 0 Å². The smallest absolute Gasteiger partial charge is 0.243 e. The van der Waals surface area contributed by atoms with E-state index in [0.717, 1.165) is 11.1 Å². The second kappa shape index (κ2) is 13.6. The van der Waals surface area contributed by atoms with Crippen LogP contribution in [0.1, 0.15) is 29.7 Å². The van der Waals surface area contributed by atoms with Gasteiger partial charge in [-0.05, 0) is 42.5 Å². The number of phenolic OH excluding ortho intramolecular Hbond substituents is 1. The molecule has 2 aromatic carbocycles. The second-order valence-corrected chi connectivity index (χ2v) is 10.2. The molecule has 4 rings (SSSR count). The minimum absolute atomic E-state index is 0.108. The van der Waals surface area contributed by atoms with Crippen LogP contribution in [0.25, 0.3) is 0 Å². The first kappa shape index (κ1) is 29.3. The zero-order valence-corrected chi connectivity index (χ0v) is 22.5. The molecule has 4 amide bonds. The molecule has 3 aromatic rings. The van der Waals surface area contributed by atoms with Gasteiger partial charge in [0.15, 0.2) is 0 Å². The summed E-state index contributed by atoms with van der Waals surface area (Å²) in [4.78, 5) is 60.5. The predicted molar refractivity (Wildman–Crippen MR) is 150 cm³/mol. The Labute approximate surface area is 237 Å². The summed E-state index contributed by atoms with van der Waals surface area (Å²) in [5.74, 6) is -2.04. The number of benzene rings is 2. The van der Waals surface area contributed by atoms with Gasteiger partial charge in [-0.15, -0.1) is 0 Å². The molecule has 12 heteroatoms. The molecule has 1 aliphatic heterocycles. The Morgan fingerprint density at radius 3 is 2.34 bits per heavy atom. The Kier molecular flexibility index (Phi) is 9.69. The lowest BCUT2D eigenvalue weighted by Crippen LogP contribution is -2.58. The van der Waals surface area contributed by atoms with Gasteiger partial charge in [-0.3, -0.25) is 19.2 Å². The molecule has 8 N–H and O–H groups in total. The molecule has 1 saturated heterocycles. The number of nitrogens with two attached hydrogens (primary N) is 2. The molecule has 0 spiro atoms. The van der Waals surface area contributed by atoms with Gasteiger partial charge in [0.05, 0.1) is 12.4 Å². The van der Waals surface area contributed by atoms with Crippen molar-refractivity contribution in [1.29, 1.82) is 0 Å². The average molecular weight is 562 g/mol. The zero-order valence-electron chi connectivity index (χ0n) is 22.5. The number of imidazole rings is 1. The summed E-state index contributed by atoms with van der Waals surface area (Å²) in [6.07, 6.45) is 4.54. The van der Waals surface area contributed by atoms with E-state index in [0.29, 0.717) is 25.1 Å². The van der Waals surface area contributed by atoms with Gasteiger partial charge >= 0.3 is 0 Å². The number of aromatic nitrogens is 2. The van der Waals surface area contributed by atoms with Crippen LogP contribution in [0.4, 0.5) is 0 Å². The zero-order chi connectivity index (χ0) is 29.4. The Bertz CT molecular complexity index is 1330. The lowest BCUT2D eigenvalue weighted by Gasteiger charge is -2.29. The van der Waals surface area contributed by atoms with Gasteiger partial charge < -0.3 is 37.1 Å². The largest absolute Gasteiger partial charge is 0.508 e. The molecule has 4 atom stereocenters. The number of aromatic hydroxyl groups is 1. The van der Waals surface area contributed by atoms with E-state index < -0.39 is 41.9 Å². The summed E-state index contributed by atoms with van der Waals surface area (Å²) in [5, 5.41) is 15.0. The summed E-state index contributed by atoms with van der Waals surface area (Å²) in [5.41, 5.74) is 14.0. The molecule has 216 valence electrons. The Hall–Kier alpha value is -4.71. The van der Waals surface area contributed by atoms with Crippen molar-refractivity contribution < 1.29 is 24.3 Å². The Morgan fingerprint density at radius 2 is 1.68 bits per heavy atom. The summed E-state index contributed by atoms with van der Waals surface area (Å²) < 4.78 is 0. The highest BCUT2D eigenvalue weighted by Crippen LogP contribution is 2.20. The highest BCUT2D eigenvalue weighted by Gasteiger charge is 2.38. The van der Waals surface area contributed by atoms with E-state index in [2.05, 4.69) is 20.6 Å². The number of likely N-dealkylation sites (tertiary alicyclic amines) is 1. The van der Waals surface area contributed by atoms with Crippen molar-refractivity contribution in [1.82, 2.24) is 25.5 Å². The first-order valence-corrected chi connectivity index (χ1v) is 13.5. The summed E-state index contributed by atoms with van der Waals surface area (Å²) in [7, 11) is 0. The van der Waals surface area contributed by atoms with Crippen molar-refractivity contribution in [3.05, 3.63) is 83.9 Å². The SMILES string of the molecule is NC(=O)[C@H](Cc1cnc[nH]1)NC(=O)[C@H](Cc1ccccc1)NC(=O)[C@@H]1CCCN1C(=O)[C@@H](N)Cc1ccc(O)cc1. The molecular formula is C29H35N7O5. The number of H-pyrrole nitrogens is 1. The Balaban J connectivity index is 1.46. The summed E-state index contributed by atoms with van der Waals surface area (Å²) in [6, 6.07) is 11.8. The van der Waals surface area contributed by atoms with E-state index in [1.54, 1.807) is 12.1 Å². The van der Waals surface area contributed by atoms with Crippen LogP contribution in [0.15, 0.2) is 67.1 Å². The molecule has 2 heterocycles. The maximum Gasteiger partial charge on any atom is 0.243 e. The molecular weight excluding hydrogens is 526 g/mol. The fourth-order valence-electron chi connectivity index (χ4n) is 4.93. The third-order valence-corrected chi connectivity index (χ3v) is 7.10. The van der Waals surface area contributed by atoms with Crippen molar-refractivity contribution in [2.75, 3.05) is 6.54 Å². The van der Waals surface area contributed by atoms with Crippen molar-refractivity contribution in [2.45, 2.75) is 56.3 Å². The van der Waals surface area contributed by atoms with Crippen LogP contribution >= 0.6 is 0 Å². The van der Waals surface area contributed by atoms with Crippen molar-refractivity contribution >= 4 is 23.6 Å². The van der Waals surface area contributed by atoms with Crippen molar-refractivity contribution in [2.24, 2.45) is 11.5 Å². The molecule has 41 heavy (non-hydrogen) atoms. The van der Waals surface area contributed by atoms with Gasteiger partial charge in [0.1, 0.15) is 23.9 Å².